The number of fused-ring (bicyclic) bond motifs is 1. The Morgan fingerprint density at radius 3 is 2.59 bits per heavy atom. The second-order valence-corrected chi connectivity index (χ2v) is 6.88. The van der Waals surface area contributed by atoms with Crippen LogP contribution >= 0.6 is 47.5 Å². The highest BCUT2D eigenvalue weighted by Gasteiger charge is 2.15. The summed E-state index contributed by atoms with van der Waals surface area (Å²) in [6.07, 6.45) is 0. The number of thiophene rings is 1. The molecule has 0 aliphatic carbocycles. The van der Waals surface area contributed by atoms with Gasteiger partial charge in [0.05, 0.1) is 9.58 Å². The molecule has 0 radical (unpaired) electrons. The highest BCUT2D eigenvalue weighted by atomic mass is 35.5. The normalized spacial score (nSPS) is 11.5. The molecule has 0 aliphatic heterocycles. The molecule has 0 aliphatic rings. The molecular formula is C13H22Cl2N4OS2. The van der Waals surface area contributed by atoms with E-state index in [1.54, 1.807) is 11.3 Å². The van der Waals surface area contributed by atoms with Crippen LogP contribution in [0.2, 0.25) is 0 Å². The molecule has 0 bridgehead atoms. The molecule has 2 rings (SSSR count). The highest BCUT2D eigenvalue weighted by Crippen LogP contribution is 2.33. The fourth-order valence-electron chi connectivity index (χ4n) is 1.78. The molecule has 5 nitrogen and oxygen atoms in total. The third kappa shape index (κ3) is 5.24. The van der Waals surface area contributed by atoms with Crippen LogP contribution in [0.15, 0.2) is 6.07 Å². The molecule has 126 valence electrons. The van der Waals surface area contributed by atoms with Gasteiger partial charge in [-0.05, 0) is 19.5 Å². The molecule has 2 heterocycles. The average molecular weight is 385 g/mol. The monoisotopic (exact) mass is 384 g/mol. The number of thiazole rings is 1. The van der Waals surface area contributed by atoms with E-state index >= 15 is 0 Å². The zero-order chi connectivity index (χ0) is 14.7. The smallest absolute Gasteiger partial charge is 0.261 e. The van der Waals surface area contributed by atoms with E-state index in [1.807, 2.05) is 25.1 Å². The number of rotatable bonds is 6. The topological polar surface area (TPSA) is 57.3 Å². The van der Waals surface area contributed by atoms with Crippen LogP contribution in [-0.2, 0) is 0 Å². The van der Waals surface area contributed by atoms with Gasteiger partial charge in [-0.1, -0.05) is 18.3 Å². The molecule has 2 N–H and O–H groups in total. The van der Waals surface area contributed by atoms with Gasteiger partial charge in [0.1, 0.15) is 4.83 Å². The maximum absolute atomic E-state index is 12.1. The Kier molecular flexibility index (Phi) is 9.26. The second kappa shape index (κ2) is 9.52. The summed E-state index contributed by atoms with van der Waals surface area (Å²) in [5.41, 5.74) is 0. The Hall–Kier alpha value is -0.600. The van der Waals surface area contributed by atoms with Crippen LogP contribution < -0.4 is 15.5 Å². The number of carbonyl (C=O) groups excluding carboxylic acids is 1. The number of hydrogen-bond donors (Lipinski definition) is 2. The van der Waals surface area contributed by atoms with Crippen molar-refractivity contribution < 1.29 is 4.79 Å². The summed E-state index contributed by atoms with van der Waals surface area (Å²) in [5.74, 6) is -0.0173. The van der Waals surface area contributed by atoms with Gasteiger partial charge in [0.25, 0.3) is 5.91 Å². The molecule has 0 saturated heterocycles. The summed E-state index contributed by atoms with van der Waals surface area (Å²) >= 11 is 3.06. The average Bonchev–Trinajstić information content (AvgIpc) is 2.94. The lowest BCUT2D eigenvalue weighted by Crippen LogP contribution is -2.38. The summed E-state index contributed by atoms with van der Waals surface area (Å²) in [6.45, 7) is 5.65. The van der Waals surface area contributed by atoms with Crippen LogP contribution in [0.3, 0.4) is 0 Å². The molecule has 1 amide bonds. The van der Waals surface area contributed by atoms with Crippen LogP contribution in [-0.4, -0.2) is 44.1 Å². The van der Waals surface area contributed by atoms with Crippen molar-refractivity contribution >= 4 is 68.1 Å². The first kappa shape index (κ1) is 21.4. The zero-order valence-electron chi connectivity index (χ0n) is 13.0. The molecule has 0 unspecified atom stereocenters. The minimum Gasteiger partial charge on any atom is -0.354 e. The minimum atomic E-state index is -0.0173. The van der Waals surface area contributed by atoms with Crippen LogP contribution in [0.4, 0.5) is 5.13 Å². The highest BCUT2D eigenvalue weighted by molar-refractivity contribution is 7.29. The van der Waals surface area contributed by atoms with E-state index in [1.165, 1.54) is 11.3 Å². The Morgan fingerprint density at radius 1 is 1.36 bits per heavy atom. The minimum absolute atomic E-state index is 0. The largest absolute Gasteiger partial charge is 0.354 e. The summed E-state index contributed by atoms with van der Waals surface area (Å²) in [7, 11) is 3.94. The SMILES string of the molecule is CCN[C@H](C)CNC(=O)c1cc2sc(N(C)C)nc2s1.Cl.Cl. The number of nitrogens with zero attached hydrogens (tertiary/aromatic N) is 2. The molecule has 0 spiro atoms. The van der Waals surface area contributed by atoms with Crippen molar-refractivity contribution in [3.05, 3.63) is 10.9 Å². The lowest BCUT2D eigenvalue weighted by molar-refractivity contribution is 0.0954. The predicted octanol–water partition coefficient (Wildman–Crippen LogP) is 3.00. The molecular weight excluding hydrogens is 363 g/mol. The van der Waals surface area contributed by atoms with Crippen LogP contribution in [0.5, 0.6) is 0 Å². The summed E-state index contributed by atoms with van der Waals surface area (Å²) in [6, 6.07) is 2.21. The number of hydrogen-bond acceptors (Lipinski definition) is 6. The van der Waals surface area contributed by atoms with E-state index in [0.717, 1.165) is 26.1 Å². The van der Waals surface area contributed by atoms with Gasteiger partial charge in [-0.3, -0.25) is 4.79 Å². The second-order valence-electron chi connectivity index (χ2n) is 4.84. The molecule has 2 aromatic rings. The first-order valence-electron chi connectivity index (χ1n) is 6.60. The van der Waals surface area contributed by atoms with Crippen molar-refractivity contribution in [3.63, 3.8) is 0 Å². The number of likely N-dealkylation sites (N-methyl/N-ethyl adjacent to an activating group) is 1. The van der Waals surface area contributed by atoms with Gasteiger partial charge in [0, 0.05) is 26.7 Å². The van der Waals surface area contributed by atoms with Gasteiger partial charge < -0.3 is 15.5 Å². The van der Waals surface area contributed by atoms with Crippen molar-refractivity contribution in [2.45, 2.75) is 19.9 Å². The van der Waals surface area contributed by atoms with E-state index in [2.05, 4.69) is 29.5 Å². The summed E-state index contributed by atoms with van der Waals surface area (Å²) < 4.78 is 1.07. The van der Waals surface area contributed by atoms with E-state index in [4.69, 9.17) is 0 Å². The summed E-state index contributed by atoms with van der Waals surface area (Å²) in [4.78, 5) is 20.2. The van der Waals surface area contributed by atoms with E-state index in [-0.39, 0.29) is 36.8 Å². The molecule has 22 heavy (non-hydrogen) atoms. The van der Waals surface area contributed by atoms with Gasteiger partial charge in [-0.25, -0.2) is 4.98 Å². The maximum atomic E-state index is 12.1. The number of aromatic nitrogens is 1. The van der Waals surface area contributed by atoms with Gasteiger partial charge >= 0.3 is 0 Å². The molecule has 0 fully saturated rings. The van der Waals surface area contributed by atoms with Crippen LogP contribution in [0.25, 0.3) is 9.53 Å². The number of anilines is 1. The Labute approximate surface area is 151 Å². The molecule has 2 aromatic heterocycles. The molecule has 0 aromatic carbocycles. The van der Waals surface area contributed by atoms with E-state index in [9.17, 15) is 4.79 Å². The van der Waals surface area contributed by atoms with Gasteiger partial charge in [-0.15, -0.1) is 36.2 Å². The molecule has 9 heteroatoms. The van der Waals surface area contributed by atoms with Gasteiger partial charge in [0.15, 0.2) is 5.13 Å². The predicted molar refractivity (Wildman–Crippen MR) is 102 cm³/mol. The lowest BCUT2D eigenvalue weighted by atomic mass is 10.3. The number of amides is 1. The standard InChI is InChI=1S/C13H20N4OS2.2ClH/c1-5-14-8(2)7-15-11(18)9-6-10-12(19-9)16-13(20-10)17(3)4;;/h6,8,14H,5,7H2,1-4H3,(H,15,18);2*1H/t8-;;/m1../s1. The van der Waals surface area contributed by atoms with E-state index < -0.39 is 0 Å². The Morgan fingerprint density at radius 2 is 2.05 bits per heavy atom. The first-order chi connectivity index (χ1) is 9.51. The molecule has 0 saturated carbocycles. The fourth-order valence-corrected chi connectivity index (χ4v) is 3.83. The lowest BCUT2D eigenvalue weighted by Gasteiger charge is -2.12. The van der Waals surface area contributed by atoms with Crippen LogP contribution in [0, 0.1) is 0 Å². The van der Waals surface area contributed by atoms with Crippen molar-refractivity contribution in [1.82, 2.24) is 15.6 Å². The fraction of sp³-hybridized carbons (Fsp3) is 0.538. The van der Waals surface area contributed by atoms with Crippen LogP contribution in [0.1, 0.15) is 23.5 Å². The molecule has 1 atom stereocenters. The van der Waals surface area contributed by atoms with E-state index in [0.29, 0.717) is 6.54 Å². The van der Waals surface area contributed by atoms with Crippen molar-refractivity contribution in [3.8, 4) is 0 Å². The number of carbonyl (C=O) groups is 1. The Bertz CT molecular complexity index is 568. The van der Waals surface area contributed by atoms with Gasteiger partial charge in [0.2, 0.25) is 0 Å². The van der Waals surface area contributed by atoms with Crippen molar-refractivity contribution in [1.29, 1.82) is 0 Å². The summed E-state index contributed by atoms with van der Waals surface area (Å²) in [5, 5.41) is 7.19. The van der Waals surface area contributed by atoms with Crippen molar-refractivity contribution in [2.75, 3.05) is 32.1 Å². The zero-order valence-corrected chi connectivity index (χ0v) is 16.3. The third-order valence-electron chi connectivity index (χ3n) is 2.81. The quantitative estimate of drug-likeness (QED) is 0.803. The van der Waals surface area contributed by atoms with Gasteiger partial charge in [-0.2, -0.15) is 0 Å². The Balaban J connectivity index is 0.00000220. The third-order valence-corrected chi connectivity index (χ3v) is 5.13. The number of halogens is 2. The van der Waals surface area contributed by atoms with Crippen molar-refractivity contribution in [2.24, 2.45) is 0 Å². The first-order valence-corrected chi connectivity index (χ1v) is 8.23. The number of nitrogens with one attached hydrogen (secondary N) is 2. The maximum Gasteiger partial charge on any atom is 0.261 e.